The lowest BCUT2D eigenvalue weighted by Gasteiger charge is -2.34. The number of piperidine rings is 2. The van der Waals surface area contributed by atoms with Gasteiger partial charge < -0.3 is 19.9 Å². The van der Waals surface area contributed by atoms with Crippen molar-refractivity contribution in [2.24, 2.45) is 10.9 Å². The quantitative estimate of drug-likeness (QED) is 0.600. The molecule has 0 spiro atoms. The third-order valence-electron chi connectivity index (χ3n) is 5.03. The van der Waals surface area contributed by atoms with Gasteiger partial charge in [-0.3, -0.25) is 4.99 Å². The molecule has 0 bridgehead atoms. The predicted octanol–water partition coefficient (Wildman–Crippen LogP) is 2.18. The van der Waals surface area contributed by atoms with Crippen LogP contribution >= 0.6 is 0 Å². The Morgan fingerprint density at radius 1 is 1.09 bits per heavy atom. The number of nitrogens with zero attached hydrogens (tertiary/aromatic N) is 3. The molecule has 2 aliphatic heterocycles. The summed E-state index contributed by atoms with van der Waals surface area (Å²) in [5.41, 5.74) is 0. The molecule has 23 heavy (non-hydrogen) atoms. The Bertz CT molecular complexity index is 345. The highest BCUT2D eigenvalue weighted by atomic mass is 16.5. The average Bonchev–Trinajstić information content (AvgIpc) is 2.57. The van der Waals surface area contributed by atoms with E-state index in [4.69, 9.17) is 9.73 Å². The van der Waals surface area contributed by atoms with Gasteiger partial charge in [0.15, 0.2) is 5.96 Å². The molecule has 5 heteroatoms. The SMILES string of the molecule is CCNC(=NCCN1CCC(C)CC1)N1CCC(OCC)CC1. The van der Waals surface area contributed by atoms with Gasteiger partial charge in [-0.05, 0) is 58.5 Å². The van der Waals surface area contributed by atoms with E-state index < -0.39 is 0 Å². The van der Waals surface area contributed by atoms with Gasteiger partial charge in [0, 0.05) is 32.8 Å². The average molecular weight is 325 g/mol. The Labute approximate surface area is 142 Å². The van der Waals surface area contributed by atoms with Gasteiger partial charge in [-0.2, -0.15) is 0 Å². The molecule has 0 unspecified atom stereocenters. The summed E-state index contributed by atoms with van der Waals surface area (Å²) < 4.78 is 5.75. The molecule has 2 aliphatic rings. The largest absolute Gasteiger partial charge is 0.378 e. The van der Waals surface area contributed by atoms with Crippen LogP contribution in [0.2, 0.25) is 0 Å². The smallest absolute Gasteiger partial charge is 0.193 e. The minimum atomic E-state index is 0.439. The molecular formula is C18H36N4O. The summed E-state index contributed by atoms with van der Waals surface area (Å²) in [4.78, 5) is 9.83. The molecular weight excluding hydrogens is 288 g/mol. The van der Waals surface area contributed by atoms with Crippen molar-refractivity contribution in [2.45, 2.75) is 52.6 Å². The van der Waals surface area contributed by atoms with E-state index >= 15 is 0 Å². The minimum Gasteiger partial charge on any atom is -0.378 e. The Morgan fingerprint density at radius 3 is 2.39 bits per heavy atom. The Hall–Kier alpha value is -0.810. The first kappa shape index (κ1) is 18.5. The van der Waals surface area contributed by atoms with Crippen LogP contribution in [0.3, 0.4) is 0 Å². The van der Waals surface area contributed by atoms with E-state index in [9.17, 15) is 0 Å². The first-order valence-corrected chi connectivity index (χ1v) is 9.60. The fourth-order valence-electron chi connectivity index (χ4n) is 3.48. The number of rotatable bonds is 6. The van der Waals surface area contributed by atoms with Crippen LogP contribution in [0.4, 0.5) is 0 Å². The van der Waals surface area contributed by atoms with Gasteiger partial charge in [-0.15, -0.1) is 0 Å². The number of guanidine groups is 1. The summed E-state index contributed by atoms with van der Waals surface area (Å²) in [6.45, 7) is 15.0. The predicted molar refractivity (Wildman–Crippen MR) is 97.0 cm³/mol. The van der Waals surface area contributed by atoms with Crippen LogP contribution in [-0.4, -0.2) is 74.3 Å². The van der Waals surface area contributed by atoms with Crippen molar-refractivity contribution < 1.29 is 4.74 Å². The first-order valence-electron chi connectivity index (χ1n) is 9.60. The molecule has 1 N–H and O–H groups in total. The summed E-state index contributed by atoms with van der Waals surface area (Å²) in [6.07, 6.45) is 5.35. The van der Waals surface area contributed by atoms with E-state index in [2.05, 4.69) is 35.9 Å². The molecule has 2 rings (SSSR count). The van der Waals surface area contributed by atoms with E-state index in [1.54, 1.807) is 0 Å². The van der Waals surface area contributed by atoms with E-state index in [-0.39, 0.29) is 0 Å². The van der Waals surface area contributed by atoms with Crippen molar-refractivity contribution in [1.82, 2.24) is 15.1 Å². The van der Waals surface area contributed by atoms with Crippen LogP contribution in [-0.2, 0) is 4.74 Å². The van der Waals surface area contributed by atoms with Crippen molar-refractivity contribution in [3.8, 4) is 0 Å². The number of aliphatic imine (C=N–C) groups is 1. The summed E-state index contributed by atoms with van der Waals surface area (Å²) in [5, 5.41) is 3.46. The zero-order valence-corrected chi connectivity index (χ0v) is 15.4. The maximum atomic E-state index is 5.75. The van der Waals surface area contributed by atoms with Crippen LogP contribution < -0.4 is 5.32 Å². The second kappa shape index (κ2) is 10.1. The van der Waals surface area contributed by atoms with E-state index in [1.807, 2.05) is 0 Å². The van der Waals surface area contributed by atoms with Crippen molar-refractivity contribution in [2.75, 3.05) is 52.4 Å². The van der Waals surface area contributed by atoms with Crippen molar-refractivity contribution in [1.29, 1.82) is 0 Å². The van der Waals surface area contributed by atoms with E-state index in [0.29, 0.717) is 6.10 Å². The molecule has 0 saturated carbocycles. The van der Waals surface area contributed by atoms with Gasteiger partial charge in [-0.25, -0.2) is 0 Å². The van der Waals surface area contributed by atoms with Gasteiger partial charge in [0.05, 0.1) is 12.6 Å². The minimum absolute atomic E-state index is 0.439. The van der Waals surface area contributed by atoms with E-state index in [0.717, 1.165) is 64.0 Å². The van der Waals surface area contributed by atoms with E-state index in [1.165, 1.54) is 25.9 Å². The molecule has 2 heterocycles. The number of likely N-dealkylation sites (tertiary alicyclic amines) is 2. The van der Waals surface area contributed by atoms with Crippen LogP contribution in [0.15, 0.2) is 4.99 Å². The topological polar surface area (TPSA) is 40.1 Å². The third kappa shape index (κ3) is 6.30. The summed E-state index contributed by atoms with van der Waals surface area (Å²) in [6, 6.07) is 0. The maximum Gasteiger partial charge on any atom is 0.193 e. The van der Waals surface area contributed by atoms with Gasteiger partial charge in [0.2, 0.25) is 0 Å². The molecule has 0 radical (unpaired) electrons. The van der Waals surface area contributed by atoms with Crippen LogP contribution in [0.5, 0.6) is 0 Å². The van der Waals surface area contributed by atoms with Crippen molar-refractivity contribution in [3.63, 3.8) is 0 Å². The second-order valence-corrected chi connectivity index (χ2v) is 6.90. The Balaban J connectivity index is 1.76. The molecule has 0 aromatic heterocycles. The third-order valence-corrected chi connectivity index (χ3v) is 5.03. The Morgan fingerprint density at radius 2 is 1.78 bits per heavy atom. The lowest BCUT2D eigenvalue weighted by atomic mass is 9.99. The molecule has 2 saturated heterocycles. The molecule has 0 amide bonds. The summed E-state index contributed by atoms with van der Waals surface area (Å²) in [5.74, 6) is 1.99. The number of hydrogen-bond donors (Lipinski definition) is 1. The monoisotopic (exact) mass is 324 g/mol. The Kier molecular flexibility index (Phi) is 8.17. The zero-order chi connectivity index (χ0) is 16.5. The van der Waals surface area contributed by atoms with Crippen LogP contribution in [0.1, 0.15) is 46.5 Å². The molecule has 0 aromatic rings. The van der Waals surface area contributed by atoms with Crippen LogP contribution in [0, 0.1) is 5.92 Å². The molecule has 0 aliphatic carbocycles. The molecule has 0 aromatic carbocycles. The normalized spacial score (nSPS) is 22.6. The second-order valence-electron chi connectivity index (χ2n) is 6.90. The maximum absolute atomic E-state index is 5.75. The van der Waals surface area contributed by atoms with Crippen molar-refractivity contribution in [3.05, 3.63) is 0 Å². The van der Waals surface area contributed by atoms with Gasteiger partial charge in [0.25, 0.3) is 0 Å². The number of hydrogen-bond acceptors (Lipinski definition) is 3. The lowest BCUT2D eigenvalue weighted by molar-refractivity contribution is 0.0263. The van der Waals surface area contributed by atoms with Gasteiger partial charge >= 0.3 is 0 Å². The molecule has 134 valence electrons. The molecule has 5 nitrogen and oxygen atoms in total. The van der Waals surface area contributed by atoms with Gasteiger partial charge in [-0.1, -0.05) is 6.92 Å². The summed E-state index contributed by atoms with van der Waals surface area (Å²) in [7, 11) is 0. The van der Waals surface area contributed by atoms with Gasteiger partial charge in [0.1, 0.15) is 0 Å². The fraction of sp³-hybridized carbons (Fsp3) is 0.944. The van der Waals surface area contributed by atoms with Crippen LogP contribution in [0.25, 0.3) is 0 Å². The standard InChI is InChI=1S/C18H36N4O/c1-4-19-18(22-13-8-17(9-14-22)23-5-2)20-10-15-21-11-6-16(3)7-12-21/h16-17H,4-15H2,1-3H3,(H,19,20). The number of ether oxygens (including phenoxy) is 1. The highest BCUT2D eigenvalue weighted by Gasteiger charge is 2.21. The molecule has 2 fully saturated rings. The molecule has 0 atom stereocenters. The highest BCUT2D eigenvalue weighted by Crippen LogP contribution is 2.16. The fourth-order valence-corrected chi connectivity index (χ4v) is 3.48. The number of nitrogens with one attached hydrogen (secondary N) is 1. The first-order chi connectivity index (χ1) is 11.2. The lowest BCUT2D eigenvalue weighted by Crippen LogP contribution is -2.47. The highest BCUT2D eigenvalue weighted by molar-refractivity contribution is 5.80. The zero-order valence-electron chi connectivity index (χ0n) is 15.4. The van der Waals surface area contributed by atoms with Crippen molar-refractivity contribution >= 4 is 5.96 Å². The summed E-state index contributed by atoms with van der Waals surface area (Å²) >= 11 is 0.